The lowest BCUT2D eigenvalue weighted by molar-refractivity contribution is -0.858. The van der Waals surface area contributed by atoms with Crippen LogP contribution >= 0.6 is 0 Å². The zero-order chi connectivity index (χ0) is 22.6. The van der Waals surface area contributed by atoms with Gasteiger partial charge in [0.15, 0.2) is 0 Å². The molecule has 0 rings (SSSR count). The molecule has 178 valence electrons. The van der Waals surface area contributed by atoms with E-state index in [1.54, 1.807) is 0 Å². The second kappa shape index (κ2) is 31.8. The van der Waals surface area contributed by atoms with E-state index in [9.17, 15) is 0 Å². The summed E-state index contributed by atoms with van der Waals surface area (Å²) in [7, 11) is 4.02. The zero-order valence-corrected chi connectivity index (χ0v) is 19.6. The van der Waals surface area contributed by atoms with E-state index in [1.165, 1.54) is 108 Å². The van der Waals surface area contributed by atoms with Crippen LogP contribution in [-0.2, 0) is 0 Å². The molecule has 0 atom stereocenters. The first-order valence-corrected chi connectivity index (χ1v) is 11.8. The molecule has 7 nitrogen and oxygen atoms in total. The summed E-state index contributed by atoms with van der Waals surface area (Å²) < 4.78 is 0. The topological polar surface area (TPSA) is 117 Å². The molecule has 0 radical (unpaired) electrons. The molecule has 7 heteroatoms. The Morgan fingerprint density at radius 3 is 1.17 bits per heavy atom. The van der Waals surface area contributed by atoms with Gasteiger partial charge in [0.05, 0.1) is 25.8 Å². The van der Waals surface area contributed by atoms with Gasteiger partial charge in [0.25, 0.3) is 0 Å². The van der Waals surface area contributed by atoms with Gasteiger partial charge in [-0.1, -0.05) is 103 Å². The Kier molecular flexibility index (Phi) is 35.9. The van der Waals surface area contributed by atoms with Gasteiger partial charge in [-0.25, -0.2) is 0 Å². The standard InChI is InChI=1S/C18H39N.C4H11NO.NO3/c1-2-3-4-5-6-7-8-9-10-11-12-13-14-15-16-17-18-19;1-5(2)3-4-6;2-1(3)4/h2-19H2,1H3;6H,3-4H2,1-2H3;/q;;-1/p+1. The highest BCUT2D eigenvalue weighted by Crippen LogP contribution is 2.13. The summed E-state index contributed by atoms with van der Waals surface area (Å²) in [6.07, 6.45) is 22.9. The SMILES string of the molecule is CCCCCCCCCCCCCCCCCCN.C[NH+](C)CCO.O=[N+]([O-])[O-]. The van der Waals surface area contributed by atoms with Gasteiger partial charge in [-0.3, -0.25) is 0 Å². The molecular weight excluding hydrogens is 370 g/mol. The monoisotopic (exact) mass is 421 g/mol. The van der Waals surface area contributed by atoms with Gasteiger partial charge < -0.3 is 31.1 Å². The van der Waals surface area contributed by atoms with Crippen LogP contribution in [0.1, 0.15) is 110 Å². The van der Waals surface area contributed by atoms with E-state index in [0.717, 1.165) is 13.1 Å². The minimum Gasteiger partial charge on any atom is -0.391 e. The summed E-state index contributed by atoms with van der Waals surface area (Å²) in [5, 5.41) is 23.0. The molecule has 4 N–H and O–H groups in total. The van der Waals surface area contributed by atoms with Gasteiger partial charge in [-0.05, 0) is 13.0 Å². The summed E-state index contributed by atoms with van der Waals surface area (Å²) >= 11 is 0. The first kappa shape index (κ1) is 32.7. The molecule has 0 aromatic carbocycles. The lowest BCUT2D eigenvalue weighted by atomic mass is 10.0. The zero-order valence-electron chi connectivity index (χ0n) is 19.6. The number of aliphatic hydroxyl groups excluding tert-OH is 1. The molecule has 29 heavy (non-hydrogen) atoms. The van der Waals surface area contributed by atoms with E-state index >= 15 is 0 Å². The molecule has 0 unspecified atom stereocenters. The van der Waals surface area contributed by atoms with Crippen molar-refractivity contribution in [3.63, 3.8) is 0 Å². The number of aliphatic hydroxyl groups is 1. The molecule has 0 saturated carbocycles. The smallest absolute Gasteiger partial charge is 0.100 e. The number of rotatable bonds is 18. The van der Waals surface area contributed by atoms with Crippen LogP contribution in [0, 0.1) is 15.3 Å². The Morgan fingerprint density at radius 2 is 1.00 bits per heavy atom. The highest BCUT2D eigenvalue weighted by molar-refractivity contribution is 4.50. The quantitative estimate of drug-likeness (QED) is 0.175. The molecular formula is C22H51N3O4. The Hall–Kier alpha value is -0.920. The maximum Gasteiger partial charge on any atom is 0.100 e. The molecule has 0 aliphatic rings. The third-order valence-electron chi connectivity index (χ3n) is 4.67. The van der Waals surface area contributed by atoms with Crippen LogP contribution in [0.3, 0.4) is 0 Å². The van der Waals surface area contributed by atoms with E-state index in [-0.39, 0.29) is 0 Å². The van der Waals surface area contributed by atoms with E-state index < -0.39 is 5.09 Å². The van der Waals surface area contributed by atoms with Gasteiger partial charge in [0.2, 0.25) is 0 Å². The van der Waals surface area contributed by atoms with Crippen molar-refractivity contribution in [2.24, 2.45) is 5.73 Å². The fourth-order valence-corrected chi connectivity index (χ4v) is 2.92. The molecule has 0 amide bonds. The molecule has 0 heterocycles. The van der Waals surface area contributed by atoms with Crippen molar-refractivity contribution in [3.05, 3.63) is 15.3 Å². The Morgan fingerprint density at radius 1 is 0.724 bits per heavy atom. The highest BCUT2D eigenvalue weighted by atomic mass is 16.9. The van der Waals surface area contributed by atoms with Gasteiger partial charge in [0, 0.05) is 0 Å². The Bertz CT molecular complexity index is 273. The van der Waals surface area contributed by atoms with Gasteiger partial charge in [0.1, 0.15) is 6.54 Å². The van der Waals surface area contributed by atoms with Gasteiger partial charge >= 0.3 is 0 Å². The van der Waals surface area contributed by atoms with Gasteiger partial charge in [-0.15, -0.1) is 0 Å². The van der Waals surface area contributed by atoms with Gasteiger partial charge in [-0.2, -0.15) is 0 Å². The van der Waals surface area contributed by atoms with Crippen molar-refractivity contribution in [2.75, 3.05) is 33.8 Å². The van der Waals surface area contributed by atoms with Crippen molar-refractivity contribution in [1.82, 2.24) is 0 Å². The van der Waals surface area contributed by atoms with Crippen molar-refractivity contribution in [1.29, 1.82) is 0 Å². The molecule has 0 aromatic heterocycles. The predicted octanol–water partition coefficient (Wildman–Crippen LogP) is 4.09. The Labute approximate surface area is 180 Å². The molecule has 0 bridgehead atoms. The average Bonchev–Trinajstić information content (AvgIpc) is 2.65. The highest BCUT2D eigenvalue weighted by Gasteiger charge is 1.94. The Balaban J connectivity index is -0.000000556. The maximum atomic E-state index is 8.25. The van der Waals surface area contributed by atoms with Crippen molar-refractivity contribution < 1.29 is 15.1 Å². The first-order valence-electron chi connectivity index (χ1n) is 11.8. The third-order valence-corrected chi connectivity index (χ3v) is 4.67. The van der Waals surface area contributed by atoms with E-state index in [4.69, 9.17) is 26.2 Å². The van der Waals surface area contributed by atoms with Crippen LogP contribution in [-0.4, -0.2) is 44.0 Å². The number of likely N-dealkylation sites (N-methyl/N-ethyl adjacent to an activating group) is 1. The number of unbranched alkanes of at least 4 members (excludes halogenated alkanes) is 15. The molecule has 0 fully saturated rings. The number of nitrogens with one attached hydrogen (secondary N) is 1. The summed E-state index contributed by atoms with van der Waals surface area (Å²) in [4.78, 5) is 9.54. The van der Waals surface area contributed by atoms with Crippen LogP contribution < -0.4 is 10.6 Å². The number of nitrogens with two attached hydrogens (primary N) is 1. The van der Waals surface area contributed by atoms with Crippen LogP contribution in [0.15, 0.2) is 0 Å². The maximum absolute atomic E-state index is 8.25. The normalized spacial score (nSPS) is 10.1. The van der Waals surface area contributed by atoms with Crippen molar-refractivity contribution >= 4 is 0 Å². The second-order valence-electron chi connectivity index (χ2n) is 8.00. The summed E-state index contributed by atoms with van der Waals surface area (Å²) in [6, 6.07) is 0. The first-order chi connectivity index (χ1) is 13.9. The van der Waals surface area contributed by atoms with E-state index in [2.05, 4.69) is 6.92 Å². The van der Waals surface area contributed by atoms with Crippen molar-refractivity contribution in [2.45, 2.75) is 110 Å². The fraction of sp³-hybridized carbons (Fsp3) is 1.00. The molecule has 0 aliphatic carbocycles. The molecule has 0 aromatic rings. The lowest BCUT2D eigenvalue weighted by Crippen LogP contribution is -3.06. The van der Waals surface area contributed by atoms with E-state index in [0.29, 0.717) is 6.61 Å². The minimum atomic E-state index is -1.75. The molecule has 0 spiro atoms. The predicted molar refractivity (Wildman–Crippen MR) is 124 cm³/mol. The number of nitrogens with zero attached hydrogens (tertiary/aromatic N) is 1. The summed E-state index contributed by atoms with van der Waals surface area (Å²) in [5.41, 5.74) is 5.48. The number of hydrogen-bond donors (Lipinski definition) is 3. The molecule has 0 saturated heterocycles. The number of quaternary nitrogens is 1. The third kappa shape index (κ3) is 52.1. The van der Waals surface area contributed by atoms with Crippen LogP contribution in [0.25, 0.3) is 0 Å². The second-order valence-corrected chi connectivity index (χ2v) is 8.00. The fourth-order valence-electron chi connectivity index (χ4n) is 2.92. The largest absolute Gasteiger partial charge is 0.391 e. The lowest BCUT2D eigenvalue weighted by Gasteiger charge is -2.03. The van der Waals surface area contributed by atoms with Crippen LogP contribution in [0.4, 0.5) is 0 Å². The average molecular weight is 422 g/mol. The van der Waals surface area contributed by atoms with Crippen LogP contribution in [0.2, 0.25) is 0 Å². The van der Waals surface area contributed by atoms with Crippen molar-refractivity contribution in [3.8, 4) is 0 Å². The summed E-state index contributed by atoms with van der Waals surface area (Å²) in [5.74, 6) is 0. The van der Waals surface area contributed by atoms with E-state index in [1.807, 2.05) is 14.1 Å². The minimum absolute atomic E-state index is 0.294. The summed E-state index contributed by atoms with van der Waals surface area (Å²) in [6.45, 7) is 4.30. The molecule has 0 aliphatic heterocycles. The number of hydrogen-bond acceptors (Lipinski definition) is 5. The van der Waals surface area contributed by atoms with Crippen LogP contribution in [0.5, 0.6) is 0 Å².